The molecule has 0 saturated heterocycles. The van der Waals surface area contributed by atoms with Crippen molar-refractivity contribution in [1.82, 2.24) is 0 Å². The molecule has 1 aliphatic heterocycles. The third-order valence-corrected chi connectivity index (χ3v) is 4.11. The van der Waals surface area contributed by atoms with Crippen molar-refractivity contribution in [3.05, 3.63) is 27.8 Å². The summed E-state index contributed by atoms with van der Waals surface area (Å²) in [7, 11) is 0. The molecule has 1 heteroatoms. The maximum absolute atomic E-state index is 5.85. The molecule has 0 N–H and O–H groups in total. The number of fused-ring (bicyclic) bond motifs is 2. The Kier molecular flexibility index (Phi) is 2.24. The zero-order chi connectivity index (χ0) is 11.3. The van der Waals surface area contributed by atoms with Gasteiger partial charge in [-0.1, -0.05) is 13.8 Å². The molecule has 0 radical (unpaired) electrons. The van der Waals surface area contributed by atoms with E-state index in [-0.39, 0.29) is 0 Å². The number of ether oxygens (including phenoxy) is 1. The van der Waals surface area contributed by atoms with Crippen LogP contribution in [0.4, 0.5) is 0 Å². The molecule has 0 amide bonds. The van der Waals surface area contributed by atoms with Crippen LogP contribution in [-0.2, 0) is 19.3 Å². The van der Waals surface area contributed by atoms with E-state index >= 15 is 0 Å². The third-order valence-electron chi connectivity index (χ3n) is 4.11. The maximum Gasteiger partial charge on any atom is 0.126 e. The van der Waals surface area contributed by atoms with E-state index in [4.69, 9.17) is 4.74 Å². The number of benzene rings is 1. The summed E-state index contributed by atoms with van der Waals surface area (Å²) in [5, 5.41) is 0. The summed E-state index contributed by atoms with van der Waals surface area (Å²) < 4.78 is 5.85. The fraction of sp³-hybridized carbons (Fsp3) is 0.600. The maximum atomic E-state index is 5.85. The van der Waals surface area contributed by atoms with Gasteiger partial charge in [-0.25, -0.2) is 0 Å². The summed E-state index contributed by atoms with van der Waals surface area (Å²) in [6, 6.07) is 0. The highest BCUT2D eigenvalue weighted by Gasteiger charge is 2.28. The highest BCUT2D eigenvalue weighted by molar-refractivity contribution is 5.59. The Morgan fingerprint density at radius 3 is 2.50 bits per heavy atom. The van der Waals surface area contributed by atoms with Gasteiger partial charge in [0.2, 0.25) is 0 Å². The van der Waals surface area contributed by atoms with E-state index in [1.807, 2.05) is 0 Å². The fourth-order valence-corrected chi connectivity index (χ4v) is 3.52. The molecule has 86 valence electrons. The Morgan fingerprint density at radius 1 is 1.00 bits per heavy atom. The molecule has 0 spiro atoms. The zero-order valence-electron chi connectivity index (χ0n) is 10.5. The molecule has 1 aromatic carbocycles. The van der Waals surface area contributed by atoms with Gasteiger partial charge in [0.1, 0.15) is 5.75 Å². The van der Waals surface area contributed by atoms with E-state index in [1.165, 1.54) is 36.1 Å². The van der Waals surface area contributed by atoms with Crippen LogP contribution in [0.3, 0.4) is 0 Å². The fourth-order valence-electron chi connectivity index (χ4n) is 3.52. The highest BCUT2D eigenvalue weighted by Crippen LogP contribution is 2.43. The monoisotopic (exact) mass is 216 g/mol. The van der Waals surface area contributed by atoms with Crippen LogP contribution in [0.1, 0.15) is 54.0 Å². The average molecular weight is 216 g/mol. The van der Waals surface area contributed by atoms with Crippen LogP contribution >= 0.6 is 0 Å². The second-order valence-electron chi connectivity index (χ2n) is 5.41. The summed E-state index contributed by atoms with van der Waals surface area (Å²) in [5.41, 5.74) is 7.84. The Hall–Kier alpha value is -0.980. The molecule has 1 heterocycles. The molecule has 3 rings (SSSR count). The van der Waals surface area contributed by atoms with Gasteiger partial charge >= 0.3 is 0 Å². The molecule has 0 unspecified atom stereocenters. The van der Waals surface area contributed by atoms with Crippen LogP contribution in [0.25, 0.3) is 0 Å². The SMILES string of the molecule is Cc1c2c(c(C(C)C)c3c1OCC3)CCC2. The normalized spacial score (nSPS) is 17.5. The van der Waals surface area contributed by atoms with Crippen molar-refractivity contribution in [3.8, 4) is 5.75 Å². The van der Waals surface area contributed by atoms with E-state index in [9.17, 15) is 0 Å². The number of rotatable bonds is 1. The van der Waals surface area contributed by atoms with Gasteiger partial charge in [0, 0.05) is 12.0 Å². The van der Waals surface area contributed by atoms with Crippen molar-refractivity contribution in [3.63, 3.8) is 0 Å². The molecular weight excluding hydrogens is 196 g/mol. The van der Waals surface area contributed by atoms with Gasteiger partial charge in [-0.15, -0.1) is 0 Å². The van der Waals surface area contributed by atoms with E-state index in [0.717, 1.165) is 13.0 Å². The van der Waals surface area contributed by atoms with Crippen molar-refractivity contribution in [2.75, 3.05) is 6.61 Å². The van der Waals surface area contributed by atoms with Crippen molar-refractivity contribution in [2.24, 2.45) is 0 Å². The predicted molar refractivity (Wildman–Crippen MR) is 66.5 cm³/mol. The van der Waals surface area contributed by atoms with E-state index < -0.39 is 0 Å². The summed E-state index contributed by atoms with van der Waals surface area (Å²) in [6.07, 6.45) is 5.00. The van der Waals surface area contributed by atoms with Gasteiger partial charge in [0.25, 0.3) is 0 Å². The van der Waals surface area contributed by atoms with E-state index in [1.54, 1.807) is 16.7 Å². The van der Waals surface area contributed by atoms with Gasteiger partial charge in [0.05, 0.1) is 6.61 Å². The van der Waals surface area contributed by atoms with Gasteiger partial charge in [0.15, 0.2) is 0 Å². The lowest BCUT2D eigenvalue weighted by Crippen LogP contribution is -2.03. The predicted octanol–water partition coefficient (Wildman–Crippen LogP) is 3.54. The molecule has 16 heavy (non-hydrogen) atoms. The zero-order valence-corrected chi connectivity index (χ0v) is 10.5. The quantitative estimate of drug-likeness (QED) is 0.697. The minimum Gasteiger partial charge on any atom is -0.493 e. The topological polar surface area (TPSA) is 9.23 Å². The van der Waals surface area contributed by atoms with Gasteiger partial charge in [-0.2, -0.15) is 0 Å². The second kappa shape index (κ2) is 3.51. The lowest BCUT2D eigenvalue weighted by Gasteiger charge is -2.19. The first-order chi connectivity index (χ1) is 7.70. The van der Waals surface area contributed by atoms with Crippen molar-refractivity contribution < 1.29 is 4.74 Å². The summed E-state index contributed by atoms with van der Waals surface area (Å²) in [5.74, 6) is 1.87. The van der Waals surface area contributed by atoms with Crippen molar-refractivity contribution in [1.29, 1.82) is 0 Å². The minimum absolute atomic E-state index is 0.642. The first-order valence-electron chi connectivity index (χ1n) is 6.50. The van der Waals surface area contributed by atoms with Crippen LogP contribution in [0, 0.1) is 6.92 Å². The smallest absolute Gasteiger partial charge is 0.126 e. The highest BCUT2D eigenvalue weighted by atomic mass is 16.5. The average Bonchev–Trinajstić information content (AvgIpc) is 2.84. The van der Waals surface area contributed by atoms with Gasteiger partial charge in [-0.05, 0) is 54.4 Å². The second-order valence-corrected chi connectivity index (χ2v) is 5.41. The minimum atomic E-state index is 0.642. The number of hydrogen-bond donors (Lipinski definition) is 0. The van der Waals surface area contributed by atoms with E-state index in [2.05, 4.69) is 20.8 Å². The van der Waals surface area contributed by atoms with E-state index in [0.29, 0.717) is 5.92 Å². The standard InChI is InChI=1S/C15H20O/c1-9(2)14-12-6-4-5-11(12)10(3)15-13(14)7-8-16-15/h9H,4-8H2,1-3H3. The summed E-state index contributed by atoms with van der Waals surface area (Å²) in [6.45, 7) is 7.78. The van der Waals surface area contributed by atoms with Crippen LogP contribution in [0.2, 0.25) is 0 Å². The molecule has 0 aromatic heterocycles. The molecule has 0 saturated carbocycles. The van der Waals surface area contributed by atoms with Crippen molar-refractivity contribution >= 4 is 0 Å². The first kappa shape index (κ1) is 10.2. The third kappa shape index (κ3) is 1.24. The molecular formula is C15H20O. The Morgan fingerprint density at radius 2 is 1.75 bits per heavy atom. The molecule has 1 aliphatic carbocycles. The summed E-state index contributed by atoms with van der Waals surface area (Å²) >= 11 is 0. The Labute approximate surface area is 97.8 Å². The lowest BCUT2D eigenvalue weighted by atomic mass is 9.86. The molecule has 1 aromatic rings. The van der Waals surface area contributed by atoms with Crippen LogP contribution in [0.15, 0.2) is 0 Å². The van der Waals surface area contributed by atoms with Crippen LogP contribution in [-0.4, -0.2) is 6.61 Å². The largest absolute Gasteiger partial charge is 0.493 e. The molecule has 2 aliphatic rings. The Bertz CT molecular complexity index is 408. The first-order valence-corrected chi connectivity index (χ1v) is 6.50. The molecule has 1 nitrogen and oxygen atoms in total. The number of hydrogen-bond acceptors (Lipinski definition) is 1. The van der Waals surface area contributed by atoms with Crippen molar-refractivity contribution in [2.45, 2.75) is 52.4 Å². The lowest BCUT2D eigenvalue weighted by molar-refractivity contribution is 0.354. The van der Waals surface area contributed by atoms with Crippen LogP contribution in [0.5, 0.6) is 5.75 Å². The van der Waals surface area contributed by atoms with Gasteiger partial charge < -0.3 is 4.74 Å². The Balaban J connectivity index is 2.31. The molecule has 0 fully saturated rings. The molecule has 0 bridgehead atoms. The summed E-state index contributed by atoms with van der Waals surface area (Å²) in [4.78, 5) is 0. The van der Waals surface area contributed by atoms with Gasteiger partial charge in [-0.3, -0.25) is 0 Å². The molecule has 0 atom stereocenters. The van der Waals surface area contributed by atoms with Crippen LogP contribution < -0.4 is 4.74 Å².